The molecule has 0 heterocycles. The molecule has 0 atom stereocenters. The standard InChI is InChI=1S/C18H14Cl2/c1-11-12(2)18(20)16-6-4-3-5-15(16)17(11)13-7-9-14(19)10-8-13/h3-10H,1-2H3/i3D,4D,5D,6D. The molecular weight excluding hydrogens is 287 g/mol. The van der Waals surface area contributed by atoms with Gasteiger partial charge in [-0.1, -0.05) is 59.5 Å². The molecule has 0 aliphatic rings. The Morgan fingerprint density at radius 3 is 2.10 bits per heavy atom. The largest absolute Gasteiger partial charge is 0.0843 e. The summed E-state index contributed by atoms with van der Waals surface area (Å²) in [5, 5.41) is 1.77. The van der Waals surface area contributed by atoms with Crippen LogP contribution in [0.4, 0.5) is 0 Å². The van der Waals surface area contributed by atoms with Crippen molar-refractivity contribution < 1.29 is 5.48 Å². The van der Waals surface area contributed by atoms with E-state index in [4.69, 9.17) is 28.7 Å². The first-order chi connectivity index (χ1) is 11.3. The van der Waals surface area contributed by atoms with E-state index in [1.807, 2.05) is 26.0 Å². The molecular formula is C18H14Cl2. The molecule has 0 N–H and O–H groups in total. The molecule has 0 nitrogen and oxygen atoms in total. The third-order valence-electron chi connectivity index (χ3n) is 3.56. The first kappa shape index (κ1) is 9.44. The van der Waals surface area contributed by atoms with E-state index in [2.05, 4.69) is 0 Å². The van der Waals surface area contributed by atoms with Gasteiger partial charge in [0.1, 0.15) is 0 Å². The minimum Gasteiger partial charge on any atom is -0.0843 e. The summed E-state index contributed by atoms with van der Waals surface area (Å²) in [7, 11) is 0. The fourth-order valence-electron chi connectivity index (χ4n) is 2.37. The van der Waals surface area contributed by atoms with E-state index in [1.54, 1.807) is 12.1 Å². The van der Waals surface area contributed by atoms with Crippen LogP contribution in [-0.2, 0) is 0 Å². The van der Waals surface area contributed by atoms with Gasteiger partial charge in [0.05, 0.1) is 10.5 Å². The smallest absolute Gasteiger partial charge is 0.0630 e. The number of hydrogen-bond acceptors (Lipinski definition) is 0. The molecule has 0 aliphatic heterocycles. The summed E-state index contributed by atoms with van der Waals surface area (Å²) in [5.74, 6) is 0. The maximum atomic E-state index is 8.35. The first-order valence-electron chi connectivity index (χ1n) is 8.20. The van der Waals surface area contributed by atoms with Gasteiger partial charge in [-0.3, -0.25) is 0 Å². The second-order valence-electron chi connectivity index (χ2n) is 4.70. The molecule has 3 aromatic carbocycles. The Morgan fingerprint density at radius 2 is 1.45 bits per heavy atom. The van der Waals surface area contributed by atoms with Gasteiger partial charge < -0.3 is 0 Å². The molecule has 0 amide bonds. The van der Waals surface area contributed by atoms with Crippen molar-refractivity contribution in [2.45, 2.75) is 13.8 Å². The fraction of sp³-hybridized carbons (Fsp3) is 0.111. The summed E-state index contributed by atoms with van der Waals surface area (Å²) in [6, 6.07) is 6.48. The molecule has 2 heteroatoms. The lowest BCUT2D eigenvalue weighted by atomic mass is 9.91. The summed E-state index contributed by atoms with van der Waals surface area (Å²) in [6.45, 7) is 3.77. The van der Waals surface area contributed by atoms with Crippen molar-refractivity contribution in [3.63, 3.8) is 0 Å². The van der Waals surface area contributed by atoms with Crippen molar-refractivity contribution in [2.24, 2.45) is 0 Å². The minimum absolute atomic E-state index is 0.0825. The average molecular weight is 305 g/mol. The Morgan fingerprint density at radius 1 is 0.850 bits per heavy atom. The highest BCUT2D eigenvalue weighted by atomic mass is 35.5. The highest BCUT2D eigenvalue weighted by Gasteiger charge is 2.13. The Hall–Kier alpha value is -1.50. The molecule has 3 rings (SSSR count). The van der Waals surface area contributed by atoms with Crippen LogP contribution < -0.4 is 0 Å². The summed E-state index contributed by atoms with van der Waals surface area (Å²) >= 11 is 12.4. The van der Waals surface area contributed by atoms with Crippen molar-refractivity contribution in [2.75, 3.05) is 0 Å². The summed E-state index contributed by atoms with van der Waals surface area (Å²) in [5.41, 5.74) is 3.29. The molecule has 0 spiro atoms. The second kappa shape index (κ2) is 5.12. The molecule has 0 bridgehead atoms. The minimum atomic E-state index is -0.278. The zero-order valence-electron chi connectivity index (χ0n) is 15.1. The van der Waals surface area contributed by atoms with E-state index < -0.39 is 0 Å². The molecule has 0 unspecified atom stereocenters. The molecule has 20 heavy (non-hydrogen) atoms. The van der Waals surface area contributed by atoms with Crippen LogP contribution in [0.1, 0.15) is 16.6 Å². The van der Waals surface area contributed by atoms with Crippen molar-refractivity contribution in [1.82, 2.24) is 0 Å². The van der Waals surface area contributed by atoms with Crippen LogP contribution in [-0.4, -0.2) is 0 Å². The van der Waals surface area contributed by atoms with Gasteiger partial charge in [-0.15, -0.1) is 0 Å². The lowest BCUT2D eigenvalue weighted by Crippen LogP contribution is -1.92. The van der Waals surface area contributed by atoms with Gasteiger partial charge in [0.2, 0.25) is 0 Å². The first-order valence-corrected chi connectivity index (χ1v) is 6.96. The van der Waals surface area contributed by atoms with Crippen molar-refractivity contribution in [1.29, 1.82) is 0 Å². The van der Waals surface area contributed by atoms with Gasteiger partial charge in [-0.05, 0) is 53.6 Å². The molecule has 0 fully saturated rings. The van der Waals surface area contributed by atoms with E-state index in [0.717, 1.165) is 22.3 Å². The maximum Gasteiger partial charge on any atom is 0.0630 e. The van der Waals surface area contributed by atoms with Crippen LogP contribution in [0.25, 0.3) is 21.9 Å². The van der Waals surface area contributed by atoms with Crippen LogP contribution in [0.15, 0.2) is 48.4 Å². The lowest BCUT2D eigenvalue weighted by molar-refractivity contribution is 1.36. The number of halogens is 2. The highest BCUT2D eigenvalue weighted by Crippen LogP contribution is 2.39. The van der Waals surface area contributed by atoms with Gasteiger partial charge in [0.15, 0.2) is 0 Å². The molecule has 0 saturated heterocycles. The van der Waals surface area contributed by atoms with E-state index in [9.17, 15) is 0 Å². The number of benzene rings is 3. The van der Waals surface area contributed by atoms with Gasteiger partial charge in [-0.25, -0.2) is 0 Å². The predicted octanol–water partition coefficient (Wildman–Crippen LogP) is 6.43. The zero-order chi connectivity index (χ0) is 17.8. The Balaban J connectivity index is 2.61. The van der Waals surface area contributed by atoms with Crippen LogP contribution in [0.2, 0.25) is 10.0 Å². The van der Waals surface area contributed by atoms with Crippen LogP contribution >= 0.6 is 23.2 Å². The van der Waals surface area contributed by atoms with Gasteiger partial charge in [0.25, 0.3) is 0 Å². The van der Waals surface area contributed by atoms with E-state index >= 15 is 0 Å². The number of hydrogen-bond donors (Lipinski definition) is 0. The summed E-state index contributed by atoms with van der Waals surface area (Å²) in [6.07, 6.45) is 0. The van der Waals surface area contributed by atoms with Crippen LogP contribution in [0.5, 0.6) is 0 Å². The molecule has 0 radical (unpaired) electrons. The third-order valence-corrected chi connectivity index (χ3v) is 4.28. The zero-order valence-corrected chi connectivity index (χ0v) is 12.6. The monoisotopic (exact) mass is 304 g/mol. The average Bonchev–Trinajstić information content (AvgIpc) is 2.57. The molecule has 0 saturated carbocycles. The molecule has 100 valence electrons. The lowest BCUT2D eigenvalue weighted by Gasteiger charge is -2.16. The Labute approximate surface area is 134 Å². The van der Waals surface area contributed by atoms with Crippen LogP contribution in [0, 0.1) is 13.8 Å². The summed E-state index contributed by atoms with van der Waals surface area (Å²) < 4.78 is 32.5. The highest BCUT2D eigenvalue weighted by molar-refractivity contribution is 6.37. The quantitative estimate of drug-likeness (QED) is 0.486. The van der Waals surface area contributed by atoms with Gasteiger partial charge in [-0.2, -0.15) is 0 Å². The van der Waals surface area contributed by atoms with Gasteiger partial charge in [0, 0.05) is 10.4 Å². The molecule has 3 aromatic rings. The topological polar surface area (TPSA) is 0 Å². The van der Waals surface area contributed by atoms with E-state index in [1.165, 1.54) is 0 Å². The third kappa shape index (κ3) is 2.09. The van der Waals surface area contributed by atoms with Crippen molar-refractivity contribution >= 4 is 34.0 Å². The van der Waals surface area contributed by atoms with E-state index in [0.29, 0.717) is 20.8 Å². The fourth-order valence-corrected chi connectivity index (χ4v) is 2.78. The predicted molar refractivity (Wildman–Crippen MR) is 88.9 cm³/mol. The SMILES string of the molecule is [2H]c1c([2H])c([2H])c2c(-c3ccc(Cl)cc3)c(C)c(C)c(Cl)c2c1[2H]. The van der Waals surface area contributed by atoms with Crippen molar-refractivity contribution in [3.05, 3.63) is 69.6 Å². The summed E-state index contributed by atoms with van der Waals surface area (Å²) in [4.78, 5) is 0. The number of rotatable bonds is 1. The van der Waals surface area contributed by atoms with E-state index in [-0.39, 0.29) is 24.2 Å². The normalized spacial score (nSPS) is 13.8. The maximum absolute atomic E-state index is 8.35. The van der Waals surface area contributed by atoms with Crippen molar-refractivity contribution in [3.8, 4) is 11.1 Å². The number of fused-ring (bicyclic) bond motifs is 1. The van der Waals surface area contributed by atoms with Gasteiger partial charge >= 0.3 is 0 Å². The Kier molecular flexibility index (Phi) is 2.42. The Bertz CT molecular complexity index is 971. The van der Waals surface area contributed by atoms with Crippen LogP contribution in [0.3, 0.4) is 0 Å². The molecule has 0 aliphatic carbocycles. The second-order valence-corrected chi connectivity index (χ2v) is 5.51. The molecule has 0 aromatic heterocycles.